The zero-order valence-corrected chi connectivity index (χ0v) is 10.1. The molecule has 0 aliphatic carbocycles. The molecule has 0 amide bonds. The number of rotatable bonds is 2. The van der Waals surface area contributed by atoms with Gasteiger partial charge >= 0.3 is 0 Å². The summed E-state index contributed by atoms with van der Waals surface area (Å²) in [5, 5.41) is 8.04. The lowest BCUT2D eigenvalue weighted by molar-refractivity contribution is 0.112. The van der Waals surface area contributed by atoms with Crippen molar-refractivity contribution < 1.29 is 9.21 Å². The molecule has 0 bridgehead atoms. The Kier molecular flexibility index (Phi) is 2.29. The van der Waals surface area contributed by atoms with Gasteiger partial charge in [-0.3, -0.25) is 9.20 Å². The number of aldehydes is 1. The highest BCUT2D eigenvalue weighted by Gasteiger charge is 2.11. The van der Waals surface area contributed by atoms with Crippen LogP contribution >= 0.6 is 15.9 Å². The number of fused-ring (bicyclic) bond motifs is 1. The molecule has 0 aromatic carbocycles. The third kappa shape index (κ3) is 1.66. The van der Waals surface area contributed by atoms with Crippen LogP contribution in [0.15, 0.2) is 39.5 Å². The highest BCUT2D eigenvalue weighted by molar-refractivity contribution is 9.10. The number of pyridine rings is 1. The fraction of sp³-hybridized carbons (Fsp3) is 0. The summed E-state index contributed by atoms with van der Waals surface area (Å²) in [6.45, 7) is 0. The molecule has 0 spiro atoms. The van der Waals surface area contributed by atoms with E-state index in [4.69, 9.17) is 4.42 Å². The number of furan rings is 1. The Hall–Kier alpha value is -1.95. The summed E-state index contributed by atoms with van der Waals surface area (Å²) >= 11 is 3.23. The van der Waals surface area contributed by atoms with Gasteiger partial charge in [0.15, 0.2) is 22.4 Å². The van der Waals surface area contributed by atoms with Crippen molar-refractivity contribution in [2.75, 3.05) is 0 Å². The first-order chi connectivity index (χ1) is 8.28. The maximum Gasteiger partial charge on any atom is 0.204 e. The van der Waals surface area contributed by atoms with E-state index in [1.807, 2.05) is 0 Å². The summed E-state index contributed by atoms with van der Waals surface area (Å²) in [5.41, 5.74) is 1.22. The standard InChI is InChI=1S/C11H6BrN3O2/c12-9-3-2-8(17-9)11-14-13-10-4-1-7(6-16)5-15(10)11/h1-6H. The molecule has 0 aliphatic rings. The van der Waals surface area contributed by atoms with Crippen LogP contribution in [0, 0.1) is 0 Å². The molecular formula is C11H6BrN3O2. The first kappa shape index (κ1) is 10.2. The second-order valence-electron chi connectivity index (χ2n) is 3.44. The number of hydrogen-bond donors (Lipinski definition) is 0. The summed E-state index contributed by atoms with van der Waals surface area (Å²) in [6.07, 6.45) is 2.45. The van der Waals surface area contributed by atoms with Crippen molar-refractivity contribution in [3.05, 3.63) is 40.7 Å². The lowest BCUT2D eigenvalue weighted by atomic mass is 10.3. The molecule has 0 aliphatic heterocycles. The summed E-state index contributed by atoms with van der Waals surface area (Å²) in [6, 6.07) is 6.99. The van der Waals surface area contributed by atoms with Crippen LogP contribution in [0.1, 0.15) is 10.4 Å². The van der Waals surface area contributed by atoms with E-state index in [1.165, 1.54) is 0 Å². The zero-order valence-electron chi connectivity index (χ0n) is 8.50. The van der Waals surface area contributed by atoms with E-state index < -0.39 is 0 Å². The lowest BCUT2D eigenvalue weighted by Crippen LogP contribution is -1.91. The van der Waals surface area contributed by atoms with Crippen molar-refractivity contribution in [1.82, 2.24) is 14.6 Å². The molecule has 0 saturated carbocycles. The number of carbonyl (C=O) groups excluding carboxylic acids is 1. The molecule has 3 heterocycles. The Morgan fingerprint density at radius 1 is 1.24 bits per heavy atom. The van der Waals surface area contributed by atoms with Gasteiger partial charge in [-0.2, -0.15) is 0 Å². The number of carbonyl (C=O) groups is 1. The van der Waals surface area contributed by atoms with Gasteiger partial charge in [-0.1, -0.05) is 0 Å². The molecule has 84 valence electrons. The van der Waals surface area contributed by atoms with E-state index in [9.17, 15) is 4.79 Å². The zero-order chi connectivity index (χ0) is 11.8. The summed E-state index contributed by atoms with van der Waals surface area (Å²) < 4.78 is 7.75. The smallest absolute Gasteiger partial charge is 0.204 e. The number of aromatic nitrogens is 3. The van der Waals surface area contributed by atoms with Crippen LogP contribution in [0.4, 0.5) is 0 Å². The third-order valence-corrected chi connectivity index (χ3v) is 2.78. The van der Waals surface area contributed by atoms with E-state index in [-0.39, 0.29) is 0 Å². The molecule has 6 heteroatoms. The molecule has 0 fully saturated rings. The van der Waals surface area contributed by atoms with Gasteiger partial charge in [0.1, 0.15) is 0 Å². The van der Waals surface area contributed by atoms with Gasteiger partial charge < -0.3 is 4.42 Å². The molecular weight excluding hydrogens is 286 g/mol. The fourth-order valence-corrected chi connectivity index (χ4v) is 1.89. The van der Waals surface area contributed by atoms with Crippen LogP contribution < -0.4 is 0 Å². The molecule has 17 heavy (non-hydrogen) atoms. The van der Waals surface area contributed by atoms with Crippen LogP contribution in [0.2, 0.25) is 0 Å². The van der Waals surface area contributed by atoms with Crippen LogP contribution in [0.5, 0.6) is 0 Å². The van der Waals surface area contributed by atoms with Gasteiger partial charge in [0.05, 0.1) is 0 Å². The Morgan fingerprint density at radius 3 is 2.82 bits per heavy atom. The number of nitrogens with zero attached hydrogens (tertiary/aromatic N) is 3. The van der Waals surface area contributed by atoms with Crippen LogP contribution in [-0.2, 0) is 0 Å². The highest BCUT2D eigenvalue weighted by Crippen LogP contribution is 2.24. The van der Waals surface area contributed by atoms with Crippen LogP contribution in [0.25, 0.3) is 17.2 Å². The average Bonchev–Trinajstić information content (AvgIpc) is 2.93. The predicted octanol–water partition coefficient (Wildman–Crippen LogP) is 2.56. The van der Waals surface area contributed by atoms with Crippen molar-refractivity contribution in [2.24, 2.45) is 0 Å². The molecule has 0 radical (unpaired) electrons. The van der Waals surface area contributed by atoms with Gasteiger partial charge in [-0.15, -0.1) is 10.2 Å². The van der Waals surface area contributed by atoms with E-state index in [0.29, 0.717) is 27.5 Å². The summed E-state index contributed by atoms with van der Waals surface area (Å²) in [7, 11) is 0. The average molecular weight is 292 g/mol. The van der Waals surface area contributed by atoms with Crippen molar-refractivity contribution in [3.8, 4) is 11.6 Å². The Balaban J connectivity index is 2.26. The first-order valence-electron chi connectivity index (χ1n) is 4.83. The molecule has 0 saturated heterocycles. The maximum atomic E-state index is 10.7. The van der Waals surface area contributed by atoms with Gasteiger partial charge in [0.2, 0.25) is 5.82 Å². The van der Waals surface area contributed by atoms with Crippen molar-refractivity contribution in [2.45, 2.75) is 0 Å². The van der Waals surface area contributed by atoms with Gasteiger partial charge in [0.25, 0.3) is 0 Å². The maximum absolute atomic E-state index is 10.7. The molecule has 5 nitrogen and oxygen atoms in total. The SMILES string of the molecule is O=Cc1ccc2nnc(-c3ccc(Br)o3)n2c1. The molecule has 0 N–H and O–H groups in total. The third-order valence-electron chi connectivity index (χ3n) is 2.35. The quantitative estimate of drug-likeness (QED) is 0.681. The summed E-state index contributed by atoms with van der Waals surface area (Å²) in [4.78, 5) is 10.7. The second-order valence-corrected chi connectivity index (χ2v) is 4.22. The minimum atomic E-state index is 0.559. The van der Waals surface area contributed by atoms with Gasteiger partial charge in [-0.25, -0.2) is 0 Å². The number of halogens is 1. The second kappa shape index (κ2) is 3.81. The van der Waals surface area contributed by atoms with Crippen LogP contribution in [-0.4, -0.2) is 20.9 Å². The Labute approximate surface area is 104 Å². The monoisotopic (exact) mass is 291 g/mol. The molecule has 0 atom stereocenters. The minimum absolute atomic E-state index is 0.559. The van der Waals surface area contributed by atoms with E-state index in [1.54, 1.807) is 34.9 Å². The van der Waals surface area contributed by atoms with Crippen molar-refractivity contribution >= 4 is 27.9 Å². The molecule has 0 unspecified atom stereocenters. The van der Waals surface area contributed by atoms with E-state index in [2.05, 4.69) is 26.1 Å². The van der Waals surface area contributed by atoms with Gasteiger partial charge in [-0.05, 0) is 40.2 Å². The van der Waals surface area contributed by atoms with E-state index >= 15 is 0 Å². The molecule has 3 rings (SSSR count). The number of hydrogen-bond acceptors (Lipinski definition) is 4. The lowest BCUT2D eigenvalue weighted by Gasteiger charge is -1.97. The summed E-state index contributed by atoms with van der Waals surface area (Å²) in [5.74, 6) is 1.15. The Morgan fingerprint density at radius 2 is 2.12 bits per heavy atom. The van der Waals surface area contributed by atoms with Crippen molar-refractivity contribution in [3.63, 3.8) is 0 Å². The van der Waals surface area contributed by atoms with Crippen LogP contribution in [0.3, 0.4) is 0 Å². The van der Waals surface area contributed by atoms with E-state index in [0.717, 1.165) is 6.29 Å². The molecule has 3 aromatic heterocycles. The largest absolute Gasteiger partial charge is 0.446 e. The normalized spacial score (nSPS) is 10.9. The fourth-order valence-electron chi connectivity index (χ4n) is 1.58. The van der Waals surface area contributed by atoms with Crippen molar-refractivity contribution in [1.29, 1.82) is 0 Å². The highest BCUT2D eigenvalue weighted by atomic mass is 79.9. The minimum Gasteiger partial charge on any atom is -0.446 e. The Bertz CT molecular complexity index is 702. The topological polar surface area (TPSA) is 60.4 Å². The molecule has 3 aromatic rings. The first-order valence-corrected chi connectivity index (χ1v) is 5.63. The van der Waals surface area contributed by atoms with Gasteiger partial charge in [0, 0.05) is 11.8 Å². The predicted molar refractivity (Wildman–Crippen MR) is 63.8 cm³/mol.